The summed E-state index contributed by atoms with van der Waals surface area (Å²) in [6.07, 6.45) is 6.75. The number of fused-ring (bicyclic) bond motifs is 1. The Hall–Kier alpha value is -2.66. The van der Waals surface area contributed by atoms with Crippen LogP contribution in [0.1, 0.15) is 11.1 Å². The van der Waals surface area contributed by atoms with Gasteiger partial charge in [-0.1, -0.05) is 30.3 Å². The van der Waals surface area contributed by atoms with E-state index in [9.17, 15) is 0 Å². The Morgan fingerprint density at radius 2 is 2.04 bits per heavy atom. The maximum atomic E-state index is 4.60. The van der Waals surface area contributed by atoms with Gasteiger partial charge in [0.05, 0.1) is 11.9 Å². The lowest BCUT2D eigenvalue weighted by Crippen LogP contribution is -2.28. The molecule has 0 spiro atoms. The van der Waals surface area contributed by atoms with Crippen molar-refractivity contribution in [2.75, 3.05) is 25.0 Å². The van der Waals surface area contributed by atoms with Crippen molar-refractivity contribution in [2.24, 2.45) is 0 Å². The van der Waals surface area contributed by atoms with E-state index in [1.165, 1.54) is 16.8 Å². The molecule has 0 fully saturated rings. The molecule has 0 bridgehead atoms. The van der Waals surface area contributed by atoms with Crippen LogP contribution in [-0.4, -0.2) is 39.7 Å². The van der Waals surface area contributed by atoms with Crippen molar-refractivity contribution in [2.45, 2.75) is 13.0 Å². The molecule has 5 nitrogen and oxygen atoms in total. The van der Waals surface area contributed by atoms with E-state index in [2.05, 4.69) is 61.8 Å². The average molecular weight is 319 g/mol. The molecule has 0 saturated carbocycles. The third-order valence-corrected chi connectivity index (χ3v) is 4.48. The first kappa shape index (κ1) is 14.9. The third kappa shape index (κ3) is 3.31. The molecule has 1 aromatic carbocycles. The fourth-order valence-electron chi connectivity index (χ4n) is 3.11. The predicted octanol–water partition coefficient (Wildman–Crippen LogP) is 2.94. The summed E-state index contributed by atoms with van der Waals surface area (Å²) in [5.74, 6) is 0. The lowest BCUT2D eigenvalue weighted by atomic mass is 10.1. The van der Waals surface area contributed by atoms with Crippen molar-refractivity contribution in [3.05, 3.63) is 66.1 Å². The molecule has 0 saturated heterocycles. The highest BCUT2D eigenvalue weighted by molar-refractivity contribution is 5.65. The number of nitrogens with zero attached hydrogens (tertiary/aromatic N) is 3. The van der Waals surface area contributed by atoms with E-state index in [4.69, 9.17) is 0 Å². The van der Waals surface area contributed by atoms with Gasteiger partial charge in [-0.15, -0.1) is 0 Å². The second kappa shape index (κ2) is 6.84. The number of H-pyrrole nitrogens is 1. The molecule has 122 valence electrons. The number of aromatic nitrogens is 3. The topological polar surface area (TPSA) is 56.8 Å². The highest BCUT2D eigenvalue weighted by Gasteiger charge is 2.15. The number of pyridine rings is 1. The van der Waals surface area contributed by atoms with Gasteiger partial charge in [0.1, 0.15) is 0 Å². The van der Waals surface area contributed by atoms with Crippen LogP contribution in [0.15, 0.2) is 55.0 Å². The molecule has 4 rings (SSSR count). The molecule has 0 atom stereocenters. The highest BCUT2D eigenvalue weighted by Crippen LogP contribution is 2.25. The Morgan fingerprint density at radius 1 is 1.12 bits per heavy atom. The second-order valence-corrected chi connectivity index (χ2v) is 6.15. The van der Waals surface area contributed by atoms with Gasteiger partial charge < -0.3 is 5.32 Å². The summed E-state index contributed by atoms with van der Waals surface area (Å²) in [5, 5.41) is 10.4. The fourth-order valence-corrected chi connectivity index (χ4v) is 3.11. The normalized spacial score (nSPS) is 14.7. The van der Waals surface area contributed by atoms with Crippen molar-refractivity contribution in [3.63, 3.8) is 0 Å². The summed E-state index contributed by atoms with van der Waals surface area (Å²) in [6.45, 7) is 4.00. The molecule has 2 aromatic heterocycles. The minimum Gasteiger partial charge on any atom is -0.383 e. The van der Waals surface area contributed by atoms with Crippen LogP contribution in [0.25, 0.3) is 11.3 Å². The molecular formula is C19H21N5. The van der Waals surface area contributed by atoms with E-state index in [1.807, 2.05) is 12.4 Å². The van der Waals surface area contributed by atoms with E-state index in [-0.39, 0.29) is 0 Å². The van der Waals surface area contributed by atoms with Crippen LogP contribution in [0.3, 0.4) is 0 Å². The number of benzene rings is 1. The van der Waals surface area contributed by atoms with E-state index in [0.717, 1.165) is 43.9 Å². The van der Waals surface area contributed by atoms with Gasteiger partial charge in [0.25, 0.3) is 0 Å². The van der Waals surface area contributed by atoms with Crippen molar-refractivity contribution < 1.29 is 0 Å². The van der Waals surface area contributed by atoms with Crippen LogP contribution in [0.5, 0.6) is 0 Å². The van der Waals surface area contributed by atoms with Gasteiger partial charge in [-0.25, -0.2) is 0 Å². The van der Waals surface area contributed by atoms with Crippen LogP contribution >= 0.6 is 0 Å². The Morgan fingerprint density at radius 3 is 2.88 bits per heavy atom. The number of hydrogen-bond acceptors (Lipinski definition) is 4. The summed E-state index contributed by atoms with van der Waals surface area (Å²) >= 11 is 0. The minimum absolute atomic E-state index is 0.938. The van der Waals surface area contributed by atoms with Gasteiger partial charge in [-0.05, 0) is 18.1 Å². The van der Waals surface area contributed by atoms with Crippen molar-refractivity contribution in [3.8, 4) is 11.3 Å². The van der Waals surface area contributed by atoms with Crippen LogP contribution in [0.2, 0.25) is 0 Å². The Bertz CT molecular complexity index is 783. The van der Waals surface area contributed by atoms with Gasteiger partial charge in [0, 0.05) is 55.4 Å². The minimum atomic E-state index is 0.938. The highest BCUT2D eigenvalue weighted by atomic mass is 15.2. The van der Waals surface area contributed by atoms with Crippen molar-refractivity contribution in [1.29, 1.82) is 0 Å². The molecule has 0 aliphatic carbocycles. The Kier molecular flexibility index (Phi) is 4.25. The fraction of sp³-hybridized carbons (Fsp3) is 0.263. The van der Waals surface area contributed by atoms with E-state index < -0.39 is 0 Å². The molecule has 5 heteroatoms. The summed E-state index contributed by atoms with van der Waals surface area (Å²) in [7, 11) is 0. The van der Waals surface area contributed by atoms with E-state index >= 15 is 0 Å². The SMILES string of the molecule is c1ccc(CCN2CCNc3cc(-c4cn[nH]c4)ncc3C2)cc1. The van der Waals surface area contributed by atoms with E-state index in [1.54, 1.807) is 6.20 Å². The molecule has 3 heterocycles. The monoisotopic (exact) mass is 319 g/mol. The molecule has 1 aliphatic rings. The first-order valence-corrected chi connectivity index (χ1v) is 8.37. The third-order valence-electron chi connectivity index (χ3n) is 4.48. The average Bonchev–Trinajstić information content (AvgIpc) is 3.08. The van der Waals surface area contributed by atoms with Crippen molar-refractivity contribution >= 4 is 5.69 Å². The zero-order valence-corrected chi connectivity index (χ0v) is 13.6. The van der Waals surface area contributed by atoms with Gasteiger partial charge in [-0.2, -0.15) is 5.10 Å². The molecule has 0 amide bonds. The quantitative estimate of drug-likeness (QED) is 0.776. The summed E-state index contributed by atoms with van der Waals surface area (Å²) in [6, 6.07) is 12.8. The molecule has 0 unspecified atom stereocenters. The molecule has 2 N–H and O–H groups in total. The molecule has 24 heavy (non-hydrogen) atoms. The first-order valence-electron chi connectivity index (χ1n) is 8.37. The molecular weight excluding hydrogens is 298 g/mol. The smallest absolute Gasteiger partial charge is 0.0754 e. The zero-order chi connectivity index (χ0) is 16.2. The van der Waals surface area contributed by atoms with Gasteiger partial charge in [0.15, 0.2) is 0 Å². The Balaban J connectivity index is 1.47. The van der Waals surface area contributed by atoms with Crippen LogP contribution in [0, 0.1) is 0 Å². The number of anilines is 1. The van der Waals surface area contributed by atoms with Gasteiger partial charge in [0.2, 0.25) is 0 Å². The first-order chi connectivity index (χ1) is 11.9. The standard InChI is InChI=1S/C19H21N5/c1-2-4-15(5-3-1)6-8-24-9-7-20-19-10-18(16-12-22-23-13-16)21-11-17(19)14-24/h1-5,10-13,20H,6-9,14H2,(H,22,23). The van der Waals surface area contributed by atoms with Crippen LogP contribution in [0.4, 0.5) is 5.69 Å². The molecule has 1 aliphatic heterocycles. The number of nitrogens with one attached hydrogen (secondary N) is 2. The summed E-state index contributed by atoms with van der Waals surface area (Å²) < 4.78 is 0. The zero-order valence-electron chi connectivity index (χ0n) is 13.6. The number of rotatable bonds is 4. The van der Waals surface area contributed by atoms with Gasteiger partial charge in [-0.3, -0.25) is 15.0 Å². The largest absolute Gasteiger partial charge is 0.383 e. The lowest BCUT2D eigenvalue weighted by molar-refractivity contribution is 0.284. The number of hydrogen-bond donors (Lipinski definition) is 2. The number of aromatic amines is 1. The maximum Gasteiger partial charge on any atom is 0.0754 e. The predicted molar refractivity (Wildman–Crippen MR) is 95.7 cm³/mol. The maximum absolute atomic E-state index is 4.60. The lowest BCUT2D eigenvalue weighted by Gasteiger charge is -2.19. The van der Waals surface area contributed by atoms with Crippen LogP contribution < -0.4 is 5.32 Å². The molecule has 0 radical (unpaired) electrons. The van der Waals surface area contributed by atoms with Crippen LogP contribution in [-0.2, 0) is 13.0 Å². The van der Waals surface area contributed by atoms with Gasteiger partial charge >= 0.3 is 0 Å². The van der Waals surface area contributed by atoms with Crippen molar-refractivity contribution in [1.82, 2.24) is 20.1 Å². The summed E-state index contributed by atoms with van der Waals surface area (Å²) in [4.78, 5) is 7.09. The van der Waals surface area contributed by atoms with E-state index in [0.29, 0.717) is 0 Å². The second-order valence-electron chi connectivity index (χ2n) is 6.15. The Labute approximate surface area is 141 Å². The summed E-state index contributed by atoms with van der Waals surface area (Å²) in [5.41, 5.74) is 5.80. The molecule has 3 aromatic rings.